The topological polar surface area (TPSA) is 34.1 Å². The van der Waals surface area contributed by atoms with E-state index < -0.39 is 0 Å². The van der Waals surface area contributed by atoms with Crippen LogP contribution in [0.4, 0.5) is 0 Å². The SMILES string of the molecule is CC(CNC1CCOC(C(C)C)C1)c1nccs1. The highest BCUT2D eigenvalue weighted by molar-refractivity contribution is 7.09. The highest BCUT2D eigenvalue weighted by Crippen LogP contribution is 2.21. The van der Waals surface area contributed by atoms with E-state index in [-0.39, 0.29) is 0 Å². The highest BCUT2D eigenvalue weighted by atomic mass is 32.1. The zero-order valence-corrected chi connectivity index (χ0v) is 12.4. The Morgan fingerprint density at radius 2 is 2.33 bits per heavy atom. The number of nitrogens with one attached hydrogen (secondary N) is 1. The normalized spacial score (nSPS) is 26.4. The number of nitrogens with zero attached hydrogens (tertiary/aromatic N) is 1. The zero-order chi connectivity index (χ0) is 13.0. The fourth-order valence-corrected chi connectivity index (χ4v) is 3.09. The Kier molecular flexibility index (Phi) is 5.15. The van der Waals surface area contributed by atoms with Gasteiger partial charge in [-0.2, -0.15) is 0 Å². The highest BCUT2D eigenvalue weighted by Gasteiger charge is 2.24. The molecule has 18 heavy (non-hydrogen) atoms. The standard InChI is InChI=1S/C14H24N2OS/c1-10(2)13-8-12(4-6-17-13)16-9-11(3)14-15-5-7-18-14/h5,7,10-13,16H,4,6,8-9H2,1-3H3. The van der Waals surface area contributed by atoms with Crippen molar-refractivity contribution in [3.05, 3.63) is 16.6 Å². The van der Waals surface area contributed by atoms with Gasteiger partial charge in [-0.25, -0.2) is 4.98 Å². The third-order valence-electron chi connectivity index (χ3n) is 3.64. The van der Waals surface area contributed by atoms with Crippen molar-refractivity contribution in [2.75, 3.05) is 13.2 Å². The van der Waals surface area contributed by atoms with Crippen molar-refractivity contribution in [2.45, 2.75) is 51.7 Å². The maximum atomic E-state index is 5.80. The molecule has 0 radical (unpaired) electrons. The molecule has 0 bridgehead atoms. The van der Waals surface area contributed by atoms with Gasteiger partial charge in [0.15, 0.2) is 0 Å². The number of ether oxygens (including phenoxy) is 1. The predicted molar refractivity (Wildman–Crippen MR) is 76.1 cm³/mol. The summed E-state index contributed by atoms with van der Waals surface area (Å²) in [5.74, 6) is 1.12. The Morgan fingerprint density at radius 3 is 3.00 bits per heavy atom. The molecule has 1 aliphatic heterocycles. The first-order chi connectivity index (χ1) is 8.66. The first-order valence-electron chi connectivity index (χ1n) is 6.91. The van der Waals surface area contributed by atoms with Gasteiger partial charge in [0, 0.05) is 36.7 Å². The van der Waals surface area contributed by atoms with E-state index in [4.69, 9.17) is 4.74 Å². The van der Waals surface area contributed by atoms with Crippen LogP contribution in [0.25, 0.3) is 0 Å². The van der Waals surface area contributed by atoms with Crippen molar-refractivity contribution in [3.63, 3.8) is 0 Å². The molecule has 0 aliphatic carbocycles. The first kappa shape index (κ1) is 14.0. The van der Waals surface area contributed by atoms with E-state index in [1.165, 1.54) is 5.01 Å². The molecule has 0 spiro atoms. The molecule has 1 fully saturated rings. The van der Waals surface area contributed by atoms with Crippen LogP contribution in [0.3, 0.4) is 0 Å². The molecule has 1 aromatic rings. The molecular weight excluding hydrogens is 244 g/mol. The second-order valence-corrected chi connectivity index (χ2v) is 6.48. The Bertz CT molecular complexity index is 340. The van der Waals surface area contributed by atoms with Crippen molar-refractivity contribution >= 4 is 11.3 Å². The lowest BCUT2D eigenvalue weighted by Gasteiger charge is -2.33. The van der Waals surface area contributed by atoms with Crippen LogP contribution >= 0.6 is 11.3 Å². The van der Waals surface area contributed by atoms with E-state index in [0.717, 1.165) is 26.0 Å². The van der Waals surface area contributed by atoms with Crippen molar-refractivity contribution in [3.8, 4) is 0 Å². The Balaban J connectivity index is 1.76. The lowest BCUT2D eigenvalue weighted by Crippen LogP contribution is -2.42. The number of hydrogen-bond acceptors (Lipinski definition) is 4. The molecular formula is C14H24N2OS. The Labute approximate surface area is 114 Å². The van der Waals surface area contributed by atoms with E-state index in [2.05, 4.69) is 36.5 Å². The molecule has 3 unspecified atom stereocenters. The fourth-order valence-electron chi connectivity index (χ4n) is 2.39. The van der Waals surface area contributed by atoms with Gasteiger partial charge in [-0.1, -0.05) is 20.8 Å². The minimum absolute atomic E-state index is 0.423. The molecule has 0 amide bonds. The average Bonchev–Trinajstić information content (AvgIpc) is 2.90. The van der Waals surface area contributed by atoms with E-state index in [9.17, 15) is 0 Å². The van der Waals surface area contributed by atoms with Crippen molar-refractivity contribution in [2.24, 2.45) is 5.92 Å². The zero-order valence-electron chi connectivity index (χ0n) is 11.6. The van der Waals surface area contributed by atoms with E-state index in [1.807, 2.05) is 6.20 Å². The minimum Gasteiger partial charge on any atom is -0.378 e. The van der Waals surface area contributed by atoms with Crippen LogP contribution in [-0.2, 0) is 4.74 Å². The molecule has 3 nitrogen and oxygen atoms in total. The maximum Gasteiger partial charge on any atom is 0.0965 e. The van der Waals surface area contributed by atoms with Gasteiger partial charge in [-0.05, 0) is 18.8 Å². The molecule has 0 saturated carbocycles. The molecule has 2 heterocycles. The van der Waals surface area contributed by atoms with Crippen LogP contribution in [0.2, 0.25) is 0 Å². The van der Waals surface area contributed by atoms with Gasteiger partial charge >= 0.3 is 0 Å². The quantitative estimate of drug-likeness (QED) is 0.891. The molecule has 3 atom stereocenters. The summed E-state index contributed by atoms with van der Waals surface area (Å²) in [6.07, 6.45) is 4.59. The summed E-state index contributed by atoms with van der Waals surface area (Å²) >= 11 is 1.75. The second kappa shape index (κ2) is 6.64. The summed E-state index contributed by atoms with van der Waals surface area (Å²) in [5.41, 5.74) is 0. The largest absolute Gasteiger partial charge is 0.378 e. The molecule has 4 heteroatoms. The number of rotatable bonds is 5. The molecule has 1 saturated heterocycles. The molecule has 1 aliphatic rings. The van der Waals surface area contributed by atoms with Crippen LogP contribution in [0.1, 0.15) is 44.5 Å². The molecule has 2 rings (SSSR count). The summed E-state index contributed by atoms with van der Waals surface area (Å²) in [6.45, 7) is 8.64. The van der Waals surface area contributed by atoms with Gasteiger partial charge in [0.1, 0.15) is 0 Å². The second-order valence-electron chi connectivity index (χ2n) is 5.55. The van der Waals surface area contributed by atoms with Gasteiger partial charge in [0.2, 0.25) is 0 Å². The monoisotopic (exact) mass is 268 g/mol. The van der Waals surface area contributed by atoms with Crippen LogP contribution < -0.4 is 5.32 Å². The molecule has 102 valence electrons. The van der Waals surface area contributed by atoms with Crippen molar-refractivity contribution < 1.29 is 4.74 Å². The van der Waals surface area contributed by atoms with Crippen LogP contribution in [0, 0.1) is 5.92 Å². The average molecular weight is 268 g/mol. The third-order valence-corrected chi connectivity index (χ3v) is 4.65. The molecule has 1 N–H and O–H groups in total. The summed E-state index contributed by atoms with van der Waals surface area (Å²) < 4.78 is 5.80. The Morgan fingerprint density at radius 1 is 1.50 bits per heavy atom. The van der Waals surface area contributed by atoms with Gasteiger partial charge in [-0.15, -0.1) is 11.3 Å². The van der Waals surface area contributed by atoms with Gasteiger partial charge in [-0.3, -0.25) is 0 Å². The third kappa shape index (κ3) is 3.77. The summed E-state index contributed by atoms with van der Waals surface area (Å²) in [6, 6.07) is 0.605. The summed E-state index contributed by atoms with van der Waals surface area (Å²) in [4.78, 5) is 4.38. The summed E-state index contributed by atoms with van der Waals surface area (Å²) in [5, 5.41) is 6.96. The number of aromatic nitrogens is 1. The van der Waals surface area contributed by atoms with Gasteiger partial charge in [0.05, 0.1) is 11.1 Å². The van der Waals surface area contributed by atoms with Crippen LogP contribution in [0.15, 0.2) is 11.6 Å². The minimum atomic E-state index is 0.423. The lowest BCUT2D eigenvalue weighted by atomic mass is 9.95. The molecule has 1 aromatic heterocycles. The van der Waals surface area contributed by atoms with Crippen LogP contribution in [-0.4, -0.2) is 30.3 Å². The smallest absolute Gasteiger partial charge is 0.0965 e. The van der Waals surface area contributed by atoms with E-state index in [1.54, 1.807) is 11.3 Å². The van der Waals surface area contributed by atoms with Crippen molar-refractivity contribution in [1.29, 1.82) is 0 Å². The van der Waals surface area contributed by atoms with Gasteiger partial charge in [0.25, 0.3) is 0 Å². The van der Waals surface area contributed by atoms with E-state index in [0.29, 0.717) is 24.0 Å². The predicted octanol–water partition coefficient (Wildman–Crippen LogP) is 3.04. The number of hydrogen-bond donors (Lipinski definition) is 1. The van der Waals surface area contributed by atoms with Crippen LogP contribution in [0.5, 0.6) is 0 Å². The fraction of sp³-hybridized carbons (Fsp3) is 0.786. The Hall–Kier alpha value is -0.450. The lowest BCUT2D eigenvalue weighted by molar-refractivity contribution is -0.0244. The van der Waals surface area contributed by atoms with Gasteiger partial charge < -0.3 is 10.1 Å². The first-order valence-corrected chi connectivity index (χ1v) is 7.79. The van der Waals surface area contributed by atoms with E-state index >= 15 is 0 Å². The maximum absolute atomic E-state index is 5.80. The van der Waals surface area contributed by atoms with Crippen molar-refractivity contribution in [1.82, 2.24) is 10.3 Å². The number of thiazole rings is 1. The summed E-state index contributed by atoms with van der Waals surface area (Å²) in [7, 11) is 0. The molecule has 0 aromatic carbocycles.